The van der Waals surface area contributed by atoms with Gasteiger partial charge in [0.25, 0.3) is 0 Å². The summed E-state index contributed by atoms with van der Waals surface area (Å²) in [5.74, 6) is 0.623. The summed E-state index contributed by atoms with van der Waals surface area (Å²) < 4.78 is 7.19. The number of anilines is 3. The minimum absolute atomic E-state index is 0.0827. The van der Waals surface area contributed by atoms with Crippen molar-refractivity contribution in [3.05, 3.63) is 66.5 Å². The highest BCUT2D eigenvalue weighted by Crippen LogP contribution is 2.33. The van der Waals surface area contributed by atoms with Crippen molar-refractivity contribution in [2.24, 2.45) is 0 Å². The third-order valence-corrected chi connectivity index (χ3v) is 4.88. The Labute approximate surface area is 174 Å². The van der Waals surface area contributed by atoms with Gasteiger partial charge in [-0.1, -0.05) is 30.3 Å². The molecule has 0 radical (unpaired) electrons. The smallest absolute Gasteiger partial charge is 0.323 e. The summed E-state index contributed by atoms with van der Waals surface area (Å²) in [5.41, 5.74) is 3.00. The first-order valence-corrected chi connectivity index (χ1v) is 9.75. The quantitative estimate of drug-likeness (QED) is 0.654. The lowest BCUT2D eigenvalue weighted by Crippen LogP contribution is -2.24. The molecule has 0 unspecified atom stereocenters. The number of hydrogen-bond donors (Lipinski definition) is 2. The van der Waals surface area contributed by atoms with E-state index in [4.69, 9.17) is 4.74 Å². The second-order valence-corrected chi connectivity index (χ2v) is 7.03. The van der Waals surface area contributed by atoms with E-state index in [9.17, 15) is 9.59 Å². The number of carbonyl (C=O) groups excluding carboxylic acids is 2. The van der Waals surface area contributed by atoms with Crippen LogP contribution in [-0.4, -0.2) is 35.4 Å². The SMILES string of the molecule is COc1cc(NC(=O)Nc2cnn(Cc3ccccc3)c2)ccc1N1CCCC1=O. The summed E-state index contributed by atoms with van der Waals surface area (Å²) in [4.78, 5) is 26.1. The van der Waals surface area contributed by atoms with Gasteiger partial charge in [-0.3, -0.25) is 9.48 Å². The maximum atomic E-state index is 12.4. The zero-order valence-corrected chi connectivity index (χ0v) is 16.7. The number of benzene rings is 2. The normalized spacial score (nSPS) is 13.4. The van der Waals surface area contributed by atoms with Crippen LogP contribution in [0.3, 0.4) is 0 Å². The molecule has 8 heteroatoms. The molecule has 1 aliphatic rings. The Morgan fingerprint density at radius 2 is 1.93 bits per heavy atom. The third kappa shape index (κ3) is 4.43. The van der Waals surface area contributed by atoms with E-state index in [0.29, 0.717) is 42.3 Å². The van der Waals surface area contributed by atoms with Crippen LogP contribution in [0.25, 0.3) is 0 Å². The summed E-state index contributed by atoms with van der Waals surface area (Å²) >= 11 is 0. The highest BCUT2D eigenvalue weighted by molar-refractivity contribution is 6.01. The lowest BCUT2D eigenvalue weighted by Gasteiger charge is -2.19. The zero-order chi connectivity index (χ0) is 20.9. The molecule has 3 aromatic rings. The monoisotopic (exact) mass is 405 g/mol. The Morgan fingerprint density at radius 3 is 2.67 bits per heavy atom. The molecule has 4 rings (SSSR count). The average Bonchev–Trinajstić information content (AvgIpc) is 3.37. The average molecular weight is 405 g/mol. The van der Waals surface area contributed by atoms with Gasteiger partial charge in [0.05, 0.1) is 31.2 Å². The van der Waals surface area contributed by atoms with Gasteiger partial charge in [-0.15, -0.1) is 0 Å². The van der Waals surface area contributed by atoms with E-state index in [-0.39, 0.29) is 11.9 Å². The Kier molecular flexibility index (Phi) is 5.65. The van der Waals surface area contributed by atoms with Gasteiger partial charge in [0, 0.05) is 30.9 Å². The fourth-order valence-corrected chi connectivity index (χ4v) is 3.46. The van der Waals surface area contributed by atoms with Crippen LogP contribution < -0.4 is 20.3 Å². The Balaban J connectivity index is 1.39. The van der Waals surface area contributed by atoms with Gasteiger partial charge in [0.15, 0.2) is 0 Å². The van der Waals surface area contributed by atoms with Crippen molar-refractivity contribution in [3.63, 3.8) is 0 Å². The summed E-state index contributed by atoms with van der Waals surface area (Å²) in [6.07, 6.45) is 4.76. The number of urea groups is 1. The molecule has 1 aromatic heterocycles. The number of methoxy groups -OCH3 is 1. The Bertz CT molecular complexity index is 1050. The number of rotatable bonds is 6. The predicted octanol–water partition coefficient (Wildman–Crippen LogP) is 3.71. The van der Waals surface area contributed by atoms with Crippen LogP contribution in [0, 0.1) is 0 Å². The van der Waals surface area contributed by atoms with Crippen molar-refractivity contribution in [2.75, 3.05) is 29.2 Å². The van der Waals surface area contributed by atoms with Gasteiger partial charge in [0.2, 0.25) is 5.91 Å². The van der Waals surface area contributed by atoms with Crippen molar-refractivity contribution in [3.8, 4) is 5.75 Å². The van der Waals surface area contributed by atoms with E-state index in [1.165, 1.54) is 0 Å². The molecule has 30 heavy (non-hydrogen) atoms. The molecule has 2 N–H and O–H groups in total. The molecule has 2 heterocycles. The van der Waals surface area contributed by atoms with Gasteiger partial charge in [-0.25, -0.2) is 4.79 Å². The van der Waals surface area contributed by atoms with Gasteiger partial charge >= 0.3 is 6.03 Å². The number of hydrogen-bond acceptors (Lipinski definition) is 4. The fraction of sp³-hybridized carbons (Fsp3) is 0.227. The molecule has 8 nitrogen and oxygen atoms in total. The van der Waals surface area contributed by atoms with Crippen molar-refractivity contribution in [1.82, 2.24) is 9.78 Å². The fourth-order valence-electron chi connectivity index (χ4n) is 3.46. The van der Waals surface area contributed by atoms with Gasteiger partial charge in [-0.2, -0.15) is 5.10 Å². The predicted molar refractivity (Wildman–Crippen MR) is 115 cm³/mol. The maximum absolute atomic E-state index is 12.4. The van der Waals surface area contributed by atoms with Crippen LogP contribution in [0.4, 0.5) is 21.9 Å². The highest BCUT2D eigenvalue weighted by atomic mass is 16.5. The molecule has 154 valence electrons. The van der Waals surface area contributed by atoms with Crippen molar-refractivity contribution < 1.29 is 14.3 Å². The molecule has 0 atom stereocenters. The van der Waals surface area contributed by atoms with Gasteiger partial charge in [0.1, 0.15) is 5.75 Å². The molecule has 1 fully saturated rings. The van der Waals surface area contributed by atoms with Crippen LogP contribution in [-0.2, 0) is 11.3 Å². The van der Waals surface area contributed by atoms with Crippen LogP contribution in [0.1, 0.15) is 18.4 Å². The molecule has 2 aromatic carbocycles. The number of ether oxygens (including phenoxy) is 1. The van der Waals surface area contributed by atoms with E-state index in [1.807, 2.05) is 30.3 Å². The van der Waals surface area contributed by atoms with Crippen molar-refractivity contribution in [2.45, 2.75) is 19.4 Å². The van der Waals surface area contributed by atoms with Gasteiger partial charge in [-0.05, 0) is 24.1 Å². The third-order valence-electron chi connectivity index (χ3n) is 4.88. The lowest BCUT2D eigenvalue weighted by atomic mass is 10.2. The summed E-state index contributed by atoms with van der Waals surface area (Å²) in [7, 11) is 1.55. The molecular weight excluding hydrogens is 382 g/mol. The van der Waals surface area contributed by atoms with E-state index in [1.54, 1.807) is 47.3 Å². The topological polar surface area (TPSA) is 88.5 Å². The zero-order valence-electron chi connectivity index (χ0n) is 16.7. The second-order valence-electron chi connectivity index (χ2n) is 7.03. The second kappa shape index (κ2) is 8.69. The summed E-state index contributed by atoms with van der Waals surface area (Å²) in [6, 6.07) is 14.8. The number of carbonyl (C=O) groups is 2. The van der Waals surface area contributed by atoms with Crippen LogP contribution in [0.15, 0.2) is 60.9 Å². The standard InChI is InChI=1S/C22H23N5O3/c1-30-20-12-17(9-10-19(20)27-11-5-8-21(27)28)24-22(29)25-18-13-23-26(15-18)14-16-6-3-2-4-7-16/h2-4,6-7,9-10,12-13,15H,5,8,11,14H2,1H3,(H2,24,25,29). The molecule has 0 aliphatic carbocycles. The molecular formula is C22H23N5O3. The lowest BCUT2D eigenvalue weighted by molar-refractivity contribution is -0.117. The van der Waals surface area contributed by atoms with Crippen molar-refractivity contribution >= 4 is 29.0 Å². The Morgan fingerprint density at radius 1 is 1.13 bits per heavy atom. The first kappa shape index (κ1) is 19.5. The van der Waals surface area contributed by atoms with Crippen LogP contribution in [0.2, 0.25) is 0 Å². The first-order valence-electron chi connectivity index (χ1n) is 9.75. The minimum Gasteiger partial charge on any atom is -0.494 e. The summed E-state index contributed by atoms with van der Waals surface area (Å²) in [5, 5.41) is 9.83. The number of amides is 3. The number of aromatic nitrogens is 2. The van der Waals surface area contributed by atoms with E-state index in [0.717, 1.165) is 12.0 Å². The molecule has 3 amide bonds. The number of nitrogens with one attached hydrogen (secondary N) is 2. The van der Waals surface area contributed by atoms with Crippen molar-refractivity contribution in [1.29, 1.82) is 0 Å². The molecule has 0 bridgehead atoms. The molecule has 1 aliphatic heterocycles. The molecule has 0 saturated carbocycles. The molecule has 1 saturated heterocycles. The molecule has 0 spiro atoms. The van der Waals surface area contributed by atoms with Gasteiger partial charge < -0.3 is 20.3 Å². The largest absolute Gasteiger partial charge is 0.494 e. The summed E-state index contributed by atoms with van der Waals surface area (Å²) in [6.45, 7) is 1.30. The number of nitrogens with zero attached hydrogens (tertiary/aromatic N) is 3. The Hall–Kier alpha value is -3.81. The van der Waals surface area contributed by atoms with Crippen LogP contribution >= 0.6 is 0 Å². The minimum atomic E-state index is -0.388. The van der Waals surface area contributed by atoms with E-state index in [2.05, 4.69) is 15.7 Å². The highest BCUT2D eigenvalue weighted by Gasteiger charge is 2.24. The van der Waals surface area contributed by atoms with E-state index < -0.39 is 0 Å². The van der Waals surface area contributed by atoms with Crippen LogP contribution in [0.5, 0.6) is 5.75 Å². The maximum Gasteiger partial charge on any atom is 0.323 e. The first-order chi connectivity index (χ1) is 14.6. The van der Waals surface area contributed by atoms with E-state index >= 15 is 0 Å².